The van der Waals surface area contributed by atoms with Gasteiger partial charge in [-0.2, -0.15) is 0 Å². The van der Waals surface area contributed by atoms with Crippen LogP contribution in [0.1, 0.15) is 44.2 Å². The second-order valence-electron chi connectivity index (χ2n) is 8.55. The Morgan fingerprint density at radius 3 is 2.34 bits per heavy atom. The Morgan fingerprint density at radius 1 is 1.09 bits per heavy atom. The first-order valence-electron chi connectivity index (χ1n) is 11.8. The Morgan fingerprint density at radius 2 is 1.77 bits per heavy atom. The highest BCUT2D eigenvalue weighted by Crippen LogP contribution is 2.21. The number of carbonyl (C=O) groups is 2. The van der Waals surface area contributed by atoms with E-state index in [1.54, 1.807) is 43.5 Å². The van der Waals surface area contributed by atoms with E-state index in [4.69, 9.17) is 4.74 Å². The second kappa shape index (κ2) is 13.1. The van der Waals surface area contributed by atoms with E-state index in [1.807, 2.05) is 32.9 Å². The number of benzene rings is 2. The Labute approximate surface area is 209 Å². The molecule has 0 aromatic heterocycles. The number of carbonyl (C=O) groups excluding carboxylic acids is 2. The van der Waals surface area contributed by atoms with Gasteiger partial charge in [0.05, 0.1) is 19.1 Å². The molecule has 1 atom stereocenters. The molecule has 9 heteroatoms. The molecule has 35 heavy (non-hydrogen) atoms. The number of amides is 2. The summed E-state index contributed by atoms with van der Waals surface area (Å²) in [6.07, 6.45) is 3.23. The molecule has 0 aliphatic heterocycles. The molecule has 2 rings (SSSR count). The number of unbranched alkanes of at least 4 members (excludes halogenated alkanes) is 1. The number of hydrogen-bond acceptors (Lipinski definition) is 5. The maximum absolute atomic E-state index is 13.6. The summed E-state index contributed by atoms with van der Waals surface area (Å²) in [5.41, 5.74) is 2.15. The van der Waals surface area contributed by atoms with Gasteiger partial charge in [0.2, 0.25) is 21.8 Å². The van der Waals surface area contributed by atoms with Crippen LogP contribution >= 0.6 is 0 Å². The van der Waals surface area contributed by atoms with Crippen LogP contribution < -0.4 is 14.4 Å². The molecule has 0 radical (unpaired) electrons. The molecule has 0 saturated heterocycles. The summed E-state index contributed by atoms with van der Waals surface area (Å²) in [4.78, 5) is 28.1. The molecular formula is C26H37N3O5S. The fourth-order valence-electron chi connectivity index (χ4n) is 3.72. The zero-order valence-electron chi connectivity index (χ0n) is 21.3. The molecule has 0 heterocycles. The molecule has 1 N–H and O–H groups in total. The Kier molecular flexibility index (Phi) is 10.6. The van der Waals surface area contributed by atoms with Crippen LogP contribution in [-0.4, -0.2) is 57.6 Å². The average molecular weight is 504 g/mol. The van der Waals surface area contributed by atoms with Crippen LogP contribution in [0.5, 0.6) is 5.75 Å². The Hall–Kier alpha value is -3.07. The van der Waals surface area contributed by atoms with Crippen molar-refractivity contribution in [3.05, 3.63) is 59.7 Å². The molecular weight excluding hydrogens is 466 g/mol. The fourth-order valence-corrected chi connectivity index (χ4v) is 4.57. The number of rotatable bonds is 13. The highest BCUT2D eigenvalue weighted by molar-refractivity contribution is 7.92. The van der Waals surface area contributed by atoms with Crippen LogP contribution in [0.4, 0.5) is 5.69 Å². The lowest BCUT2D eigenvalue weighted by Gasteiger charge is -2.33. The molecule has 192 valence electrons. The van der Waals surface area contributed by atoms with E-state index >= 15 is 0 Å². The van der Waals surface area contributed by atoms with Crippen LogP contribution in [0, 0.1) is 6.92 Å². The van der Waals surface area contributed by atoms with Gasteiger partial charge in [-0.15, -0.1) is 0 Å². The molecule has 0 spiro atoms. The van der Waals surface area contributed by atoms with Crippen molar-refractivity contribution >= 4 is 27.5 Å². The van der Waals surface area contributed by atoms with Crippen molar-refractivity contribution in [1.82, 2.24) is 10.2 Å². The summed E-state index contributed by atoms with van der Waals surface area (Å²) >= 11 is 0. The minimum Gasteiger partial charge on any atom is -0.497 e. The minimum absolute atomic E-state index is 0.140. The first-order valence-corrected chi connectivity index (χ1v) is 13.7. The van der Waals surface area contributed by atoms with Gasteiger partial charge in [-0.05, 0) is 49.6 Å². The molecule has 0 fully saturated rings. The summed E-state index contributed by atoms with van der Waals surface area (Å²) in [5.74, 6) is -0.0810. The van der Waals surface area contributed by atoms with Gasteiger partial charge in [-0.1, -0.05) is 50.1 Å². The van der Waals surface area contributed by atoms with Crippen LogP contribution in [0.25, 0.3) is 0 Å². The number of anilines is 1. The number of nitrogens with zero attached hydrogens (tertiary/aromatic N) is 2. The lowest BCUT2D eigenvalue weighted by atomic mass is 10.1. The van der Waals surface area contributed by atoms with Gasteiger partial charge >= 0.3 is 0 Å². The van der Waals surface area contributed by atoms with E-state index in [9.17, 15) is 18.0 Å². The highest BCUT2D eigenvalue weighted by atomic mass is 32.2. The highest BCUT2D eigenvalue weighted by Gasteiger charge is 2.31. The molecule has 2 amide bonds. The molecule has 1 unspecified atom stereocenters. The first kappa shape index (κ1) is 28.2. The monoisotopic (exact) mass is 503 g/mol. The van der Waals surface area contributed by atoms with Crippen LogP contribution in [-0.2, 0) is 26.2 Å². The minimum atomic E-state index is -3.75. The van der Waals surface area contributed by atoms with Crippen LogP contribution in [0.3, 0.4) is 0 Å². The van der Waals surface area contributed by atoms with Crippen molar-refractivity contribution in [1.29, 1.82) is 0 Å². The molecule has 2 aromatic rings. The molecule has 0 saturated carbocycles. The van der Waals surface area contributed by atoms with E-state index in [0.29, 0.717) is 24.4 Å². The number of hydrogen-bond donors (Lipinski definition) is 1. The van der Waals surface area contributed by atoms with Crippen molar-refractivity contribution in [2.75, 3.05) is 30.8 Å². The third-order valence-corrected chi connectivity index (χ3v) is 6.84. The van der Waals surface area contributed by atoms with E-state index < -0.39 is 28.5 Å². The Balaban J connectivity index is 2.40. The zero-order chi connectivity index (χ0) is 26.0. The largest absolute Gasteiger partial charge is 0.497 e. The third-order valence-electron chi connectivity index (χ3n) is 5.70. The third kappa shape index (κ3) is 8.28. The lowest BCUT2D eigenvalue weighted by Crippen LogP contribution is -2.52. The van der Waals surface area contributed by atoms with E-state index in [2.05, 4.69) is 5.32 Å². The van der Waals surface area contributed by atoms with Crippen LogP contribution in [0.15, 0.2) is 48.5 Å². The summed E-state index contributed by atoms with van der Waals surface area (Å²) < 4.78 is 31.6. The summed E-state index contributed by atoms with van der Waals surface area (Å²) in [6, 6.07) is 13.4. The normalized spacial score (nSPS) is 12.0. The van der Waals surface area contributed by atoms with Gasteiger partial charge in [0.1, 0.15) is 18.3 Å². The van der Waals surface area contributed by atoms with Crippen LogP contribution in [0.2, 0.25) is 0 Å². The quantitative estimate of drug-likeness (QED) is 0.422. The molecule has 2 aromatic carbocycles. The smallest absolute Gasteiger partial charge is 0.244 e. The predicted molar refractivity (Wildman–Crippen MR) is 139 cm³/mol. The molecule has 8 nitrogen and oxygen atoms in total. The maximum Gasteiger partial charge on any atom is 0.244 e. The summed E-state index contributed by atoms with van der Waals surface area (Å²) in [7, 11) is -2.19. The SMILES string of the molecule is CCCCNC(=O)C(CC)N(Cc1cccc(OC)c1)C(=O)CN(c1ccc(C)cc1)S(C)(=O)=O. The van der Waals surface area contributed by atoms with E-state index in [0.717, 1.165) is 34.5 Å². The van der Waals surface area contributed by atoms with Gasteiger partial charge < -0.3 is 15.0 Å². The number of nitrogens with one attached hydrogen (secondary N) is 1. The molecule has 0 aliphatic carbocycles. The standard InChI is InChI=1S/C26H37N3O5S/c1-6-8-16-27-26(31)24(7-2)28(18-21-10-9-11-23(17-21)34-4)25(30)19-29(35(5,32)33)22-14-12-20(3)13-15-22/h9-15,17,24H,6-8,16,18-19H2,1-5H3,(H,27,31). The van der Waals surface area contributed by atoms with Crippen molar-refractivity contribution in [2.24, 2.45) is 0 Å². The van der Waals surface area contributed by atoms with Gasteiger partial charge in [0.15, 0.2) is 0 Å². The zero-order valence-corrected chi connectivity index (χ0v) is 22.1. The Bertz CT molecular complexity index is 1090. The predicted octanol–water partition coefficient (Wildman–Crippen LogP) is 3.49. The van der Waals surface area contributed by atoms with E-state index in [-0.39, 0.29) is 12.5 Å². The topological polar surface area (TPSA) is 96.0 Å². The lowest BCUT2D eigenvalue weighted by molar-refractivity contribution is -0.140. The van der Waals surface area contributed by atoms with Crippen molar-refractivity contribution in [2.45, 2.75) is 52.6 Å². The number of ether oxygens (including phenoxy) is 1. The molecule has 0 bridgehead atoms. The van der Waals surface area contributed by atoms with Gasteiger partial charge in [0.25, 0.3) is 0 Å². The van der Waals surface area contributed by atoms with Gasteiger partial charge in [-0.3, -0.25) is 13.9 Å². The first-order chi connectivity index (χ1) is 16.6. The summed E-state index contributed by atoms with van der Waals surface area (Å²) in [6.45, 7) is 6.02. The second-order valence-corrected chi connectivity index (χ2v) is 10.5. The fraction of sp³-hybridized carbons (Fsp3) is 0.462. The van der Waals surface area contributed by atoms with E-state index in [1.165, 1.54) is 4.90 Å². The number of aryl methyl sites for hydroxylation is 1. The number of methoxy groups -OCH3 is 1. The van der Waals surface area contributed by atoms with Gasteiger partial charge in [0, 0.05) is 13.1 Å². The summed E-state index contributed by atoms with van der Waals surface area (Å²) in [5, 5.41) is 2.91. The maximum atomic E-state index is 13.6. The average Bonchev–Trinajstić information content (AvgIpc) is 2.82. The number of sulfonamides is 1. The van der Waals surface area contributed by atoms with Crippen molar-refractivity contribution < 1.29 is 22.7 Å². The van der Waals surface area contributed by atoms with Crippen molar-refractivity contribution in [3.63, 3.8) is 0 Å². The van der Waals surface area contributed by atoms with Crippen molar-refractivity contribution in [3.8, 4) is 5.75 Å². The molecule has 0 aliphatic rings. The van der Waals surface area contributed by atoms with Gasteiger partial charge in [-0.25, -0.2) is 8.42 Å².